The molecule has 0 radical (unpaired) electrons. The number of nitrogens with zero attached hydrogens (tertiary/aromatic N) is 4. The quantitative estimate of drug-likeness (QED) is 0.801. The van der Waals surface area contributed by atoms with E-state index in [1.54, 1.807) is 0 Å². The summed E-state index contributed by atoms with van der Waals surface area (Å²) < 4.78 is 1.91. The van der Waals surface area contributed by atoms with Crippen LogP contribution < -0.4 is 5.32 Å². The molecule has 1 aliphatic heterocycles. The van der Waals surface area contributed by atoms with Crippen molar-refractivity contribution in [2.24, 2.45) is 0 Å². The van der Waals surface area contributed by atoms with Crippen LogP contribution >= 0.6 is 0 Å². The van der Waals surface area contributed by atoms with E-state index in [-0.39, 0.29) is 0 Å². The van der Waals surface area contributed by atoms with Gasteiger partial charge in [0.1, 0.15) is 5.52 Å². The molecule has 1 unspecified atom stereocenters. The molecule has 124 valence electrons. The zero-order chi connectivity index (χ0) is 16.4. The van der Waals surface area contributed by atoms with E-state index in [1.165, 1.54) is 25.8 Å². The fraction of sp³-hybridized carbons (Fsp3) is 0.368. The third-order valence-electron chi connectivity index (χ3n) is 4.89. The summed E-state index contributed by atoms with van der Waals surface area (Å²) in [6.07, 6.45) is 7.59. The van der Waals surface area contributed by atoms with Gasteiger partial charge in [-0.25, -0.2) is 9.50 Å². The Morgan fingerprint density at radius 1 is 1.21 bits per heavy atom. The van der Waals surface area contributed by atoms with E-state index in [4.69, 9.17) is 0 Å². The summed E-state index contributed by atoms with van der Waals surface area (Å²) in [6, 6.07) is 12.9. The zero-order valence-electron chi connectivity index (χ0n) is 14.0. The number of piperidine rings is 1. The highest BCUT2D eigenvalue weighted by atomic mass is 15.2. The molecule has 1 atom stereocenters. The summed E-state index contributed by atoms with van der Waals surface area (Å²) in [5.74, 6) is 0.908. The zero-order valence-corrected chi connectivity index (χ0v) is 14.0. The van der Waals surface area contributed by atoms with Crippen molar-refractivity contribution >= 4 is 11.3 Å². The molecule has 1 fully saturated rings. The van der Waals surface area contributed by atoms with Gasteiger partial charge in [0.2, 0.25) is 0 Å². The number of rotatable bonds is 4. The maximum Gasteiger partial charge on any atom is 0.152 e. The third kappa shape index (κ3) is 2.99. The highest BCUT2D eigenvalue weighted by Crippen LogP contribution is 2.23. The maximum atomic E-state index is 4.68. The number of likely N-dealkylation sites (tertiary alicyclic amines) is 1. The van der Waals surface area contributed by atoms with Crippen LogP contribution in [0.5, 0.6) is 0 Å². The van der Waals surface area contributed by atoms with Gasteiger partial charge in [0.05, 0.1) is 5.69 Å². The van der Waals surface area contributed by atoms with Crippen molar-refractivity contribution in [1.82, 2.24) is 19.5 Å². The summed E-state index contributed by atoms with van der Waals surface area (Å²) >= 11 is 0. The Balaban J connectivity index is 1.58. The van der Waals surface area contributed by atoms with Crippen LogP contribution in [0, 0.1) is 0 Å². The number of fused-ring (bicyclic) bond motifs is 1. The third-order valence-corrected chi connectivity index (χ3v) is 4.89. The summed E-state index contributed by atoms with van der Waals surface area (Å²) in [5, 5.41) is 8.22. The molecule has 2 aromatic heterocycles. The van der Waals surface area contributed by atoms with Crippen LogP contribution in [0.2, 0.25) is 0 Å². The molecular formula is C19H23N5. The van der Waals surface area contributed by atoms with Gasteiger partial charge in [-0.3, -0.25) is 0 Å². The molecule has 5 nitrogen and oxygen atoms in total. The van der Waals surface area contributed by atoms with Crippen molar-refractivity contribution in [2.45, 2.75) is 25.3 Å². The standard InChI is InChI=1S/C19H23N5/c1-23-11-6-5-9-16(23)14-21-19-18-13-17(15-7-3-2-4-8-15)22-24(18)12-10-20-19/h2-4,7-8,10,12-13,16H,5-6,9,11,14H2,1H3,(H,20,21). The van der Waals surface area contributed by atoms with E-state index >= 15 is 0 Å². The van der Waals surface area contributed by atoms with Crippen molar-refractivity contribution < 1.29 is 0 Å². The lowest BCUT2D eigenvalue weighted by molar-refractivity contribution is 0.194. The molecule has 0 aliphatic carbocycles. The predicted octanol–water partition coefficient (Wildman–Crippen LogP) is 3.29. The van der Waals surface area contributed by atoms with Crippen molar-refractivity contribution in [3.05, 3.63) is 48.8 Å². The van der Waals surface area contributed by atoms with Crippen LogP contribution in [0.1, 0.15) is 19.3 Å². The molecule has 5 heteroatoms. The minimum absolute atomic E-state index is 0.581. The van der Waals surface area contributed by atoms with E-state index in [2.05, 4.69) is 45.5 Å². The first kappa shape index (κ1) is 15.1. The molecule has 1 saturated heterocycles. The minimum atomic E-state index is 0.581. The van der Waals surface area contributed by atoms with Gasteiger partial charge in [0.15, 0.2) is 5.82 Å². The second-order valence-corrected chi connectivity index (χ2v) is 6.51. The van der Waals surface area contributed by atoms with Gasteiger partial charge in [-0.1, -0.05) is 36.8 Å². The van der Waals surface area contributed by atoms with Crippen molar-refractivity contribution in [2.75, 3.05) is 25.5 Å². The lowest BCUT2D eigenvalue weighted by Crippen LogP contribution is -2.40. The minimum Gasteiger partial charge on any atom is -0.367 e. The molecule has 4 rings (SSSR count). The molecule has 1 aromatic carbocycles. The molecule has 0 spiro atoms. The van der Waals surface area contributed by atoms with E-state index in [0.29, 0.717) is 6.04 Å². The number of hydrogen-bond acceptors (Lipinski definition) is 4. The number of benzene rings is 1. The van der Waals surface area contributed by atoms with Gasteiger partial charge >= 0.3 is 0 Å². The Labute approximate surface area is 142 Å². The van der Waals surface area contributed by atoms with Crippen LogP contribution in [0.15, 0.2) is 48.8 Å². The van der Waals surface area contributed by atoms with E-state index in [1.807, 2.05) is 35.1 Å². The average molecular weight is 321 g/mol. The van der Waals surface area contributed by atoms with Crippen LogP contribution in [0.25, 0.3) is 16.8 Å². The van der Waals surface area contributed by atoms with Crippen LogP contribution in [0.3, 0.4) is 0 Å². The summed E-state index contributed by atoms with van der Waals surface area (Å²) in [7, 11) is 2.21. The molecule has 1 N–H and O–H groups in total. The SMILES string of the molecule is CN1CCCCC1CNc1nccn2nc(-c3ccccc3)cc12. The van der Waals surface area contributed by atoms with Crippen molar-refractivity contribution in [3.8, 4) is 11.3 Å². The number of nitrogens with one attached hydrogen (secondary N) is 1. The summed E-state index contributed by atoms with van der Waals surface area (Å²) in [4.78, 5) is 6.98. The Kier molecular flexibility index (Phi) is 4.17. The first-order valence-corrected chi connectivity index (χ1v) is 8.65. The maximum absolute atomic E-state index is 4.68. The van der Waals surface area contributed by atoms with Gasteiger partial charge in [-0.2, -0.15) is 5.10 Å². The van der Waals surface area contributed by atoms with Gasteiger partial charge in [0, 0.05) is 30.5 Å². The van der Waals surface area contributed by atoms with Crippen molar-refractivity contribution in [3.63, 3.8) is 0 Å². The smallest absolute Gasteiger partial charge is 0.152 e. The molecule has 3 aromatic rings. The first-order chi connectivity index (χ1) is 11.8. The second-order valence-electron chi connectivity index (χ2n) is 6.51. The lowest BCUT2D eigenvalue weighted by atomic mass is 10.0. The lowest BCUT2D eigenvalue weighted by Gasteiger charge is -2.32. The van der Waals surface area contributed by atoms with Crippen LogP contribution in [-0.2, 0) is 0 Å². The Morgan fingerprint density at radius 2 is 2.08 bits per heavy atom. The van der Waals surface area contributed by atoms with Gasteiger partial charge < -0.3 is 10.2 Å². The molecular weight excluding hydrogens is 298 g/mol. The van der Waals surface area contributed by atoms with Gasteiger partial charge in [0.25, 0.3) is 0 Å². The Hall–Kier alpha value is -2.40. The van der Waals surface area contributed by atoms with Crippen LogP contribution in [-0.4, -0.2) is 45.7 Å². The summed E-state index contributed by atoms with van der Waals surface area (Å²) in [6.45, 7) is 2.11. The topological polar surface area (TPSA) is 45.5 Å². The Bertz CT molecular complexity index is 811. The predicted molar refractivity (Wildman–Crippen MR) is 97.2 cm³/mol. The Morgan fingerprint density at radius 3 is 2.92 bits per heavy atom. The van der Waals surface area contributed by atoms with Gasteiger partial charge in [-0.15, -0.1) is 0 Å². The first-order valence-electron chi connectivity index (χ1n) is 8.65. The fourth-order valence-electron chi connectivity index (χ4n) is 3.42. The monoisotopic (exact) mass is 321 g/mol. The largest absolute Gasteiger partial charge is 0.367 e. The number of anilines is 1. The molecule has 24 heavy (non-hydrogen) atoms. The van der Waals surface area contributed by atoms with Crippen molar-refractivity contribution in [1.29, 1.82) is 0 Å². The van der Waals surface area contributed by atoms with E-state index in [0.717, 1.165) is 29.1 Å². The molecule has 0 saturated carbocycles. The molecule has 0 amide bonds. The normalized spacial score (nSPS) is 18.8. The number of hydrogen-bond donors (Lipinski definition) is 1. The van der Waals surface area contributed by atoms with Gasteiger partial charge in [-0.05, 0) is 32.5 Å². The second kappa shape index (κ2) is 6.61. The number of aromatic nitrogens is 3. The highest BCUT2D eigenvalue weighted by Gasteiger charge is 2.19. The fourth-order valence-corrected chi connectivity index (χ4v) is 3.42. The highest BCUT2D eigenvalue weighted by molar-refractivity contribution is 5.74. The molecule has 0 bridgehead atoms. The number of likely N-dealkylation sites (N-methyl/N-ethyl adjacent to an activating group) is 1. The van der Waals surface area contributed by atoms with Crippen LogP contribution in [0.4, 0.5) is 5.82 Å². The van der Waals surface area contributed by atoms with E-state index in [9.17, 15) is 0 Å². The molecule has 3 heterocycles. The average Bonchev–Trinajstić information content (AvgIpc) is 3.07. The summed E-state index contributed by atoms with van der Waals surface area (Å²) in [5.41, 5.74) is 3.12. The molecule has 1 aliphatic rings. The van der Waals surface area contributed by atoms with E-state index < -0.39 is 0 Å².